The molecule has 2 fully saturated rings. The number of benzene rings is 1. The third-order valence-corrected chi connectivity index (χ3v) is 5.46. The van der Waals surface area contributed by atoms with E-state index in [2.05, 4.69) is 16.6 Å². The molecule has 1 aromatic rings. The second kappa shape index (κ2) is 14.4. The van der Waals surface area contributed by atoms with Gasteiger partial charge in [0, 0.05) is 44.0 Å². The van der Waals surface area contributed by atoms with Crippen molar-refractivity contribution in [3.63, 3.8) is 0 Å². The van der Waals surface area contributed by atoms with Gasteiger partial charge in [-0.05, 0) is 30.9 Å². The molecule has 0 radical (unpaired) electrons. The molecule has 1 aliphatic carbocycles. The summed E-state index contributed by atoms with van der Waals surface area (Å²) >= 11 is 0. The predicted molar refractivity (Wildman–Crippen MR) is 118 cm³/mol. The van der Waals surface area contributed by atoms with E-state index >= 15 is 0 Å². The number of amides is 1. The number of ether oxygens (including phenoxy) is 1. The Labute approximate surface area is 187 Å². The molecule has 1 N–H and O–H groups in total. The third-order valence-electron chi connectivity index (χ3n) is 5.46. The Balaban J connectivity index is 0.00000124. The van der Waals surface area contributed by atoms with Gasteiger partial charge in [0.15, 0.2) is 0 Å². The molecule has 1 saturated heterocycles. The van der Waals surface area contributed by atoms with Crippen molar-refractivity contribution in [2.75, 3.05) is 32.6 Å². The van der Waals surface area contributed by atoms with Gasteiger partial charge in [-0.25, -0.2) is 0 Å². The Bertz CT molecular complexity index is 717. The van der Waals surface area contributed by atoms with E-state index in [1.54, 1.807) is 43.4 Å². The maximum Gasteiger partial charge on any atom is 0.405 e. The fourth-order valence-electron chi connectivity index (χ4n) is 4.01. The fourth-order valence-corrected chi connectivity index (χ4v) is 4.01. The molecular formula is C23H33F3N2O4. The first-order valence-corrected chi connectivity index (χ1v) is 10.1. The molecule has 1 aromatic carbocycles. The van der Waals surface area contributed by atoms with E-state index in [0.29, 0.717) is 29.9 Å². The average molecular weight is 459 g/mol. The standard InChI is InChI=1S/C19H23F3N2O.C2H6O.2CH2O/c1-14-17(25)24(11-10-18(14)8-4-5-9-18)12-15-6-2-3-7-16(15)23-13-19(20,21)22;1-3-2;2*1-2/h2-3,6-7,23H,1,4-5,8-13H2;1-2H3;2*1H2. The molecule has 3 rings (SSSR count). The lowest BCUT2D eigenvalue weighted by atomic mass is 9.73. The summed E-state index contributed by atoms with van der Waals surface area (Å²) in [5, 5.41) is 2.43. The molecule has 9 heteroatoms. The number of alkyl halides is 3. The van der Waals surface area contributed by atoms with Gasteiger partial charge in [-0.1, -0.05) is 37.6 Å². The van der Waals surface area contributed by atoms with Crippen LogP contribution in [0, 0.1) is 5.41 Å². The van der Waals surface area contributed by atoms with Crippen LogP contribution in [0.15, 0.2) is 36.4 Å². The number of carbonyl (C=O) groups is 3. The summed E-state index contributed by atoms with van der Waals surface area (Å²) in [5.74, 6) is -0.0567. The second-order valence-electron chi connectivity index (χ2n) is 7.48. The normalized spacial score (nSPS) is 16.7. The van der Waals surface area contributed by atoms with E-state index in [1.807, 2.05) is 13.6 Å². The summed E-state index contributed by atoms with van der Waals surface area (Å²) in [6.07, 6.45) is 0.935. The number of nitrogens with one attached hydrogen (secondary N) is 1. The van der Waals surface area contributed by atoms with Gasteiger partial charge in [0.25, 0.3) is 0 Å². The van der Waals surface area contributed by atoms with Crippen molar-refractivity contribution in [1.82, 2.24) is 4.90 Å². The molecule has 1 aliphatic heterocycles. The van der Waals surface area contributed by atoms with Gasteiger partial charge in [-0.2, -0.15) is 13.2 Å². The van der Waals surface area contributed by atoms with Crippen LogP contribution in [0.2, 0.25) is 0 Å². The topological polar surface area (TPSA) is 75.7 Å². The average Bonchev–Trinajstić information content (AvgIpc) is 3.26. The lowest BCUT2D eigenvalue weighted by molar-refractivity contribution is -0.132. The summed E-state index contributed by atoms with van der Waals surface area (Å²) in [4.78, 5) is 30.5. The van der Waals surface area contributed by atoms with Crippen molar-refractivity contribution < 1.29 is 32.3 Å². The van der Waals surface area contributed by atoms with Crippen LogP contribution < -0.4 is 5.32 Å². The predicted octanol–water partition coefficient (Wildman–Crippen LogP) is 4.40. The molecule has 0 bridgehead atoms. The van der Waals surface area contributed by atoms with Crippen LogP contribution in [0.3, 0.4) is 0 Å². The summed E-state index contributed by atoms with van der Waals surface area (Å²) in [5.41, 5.74) is 1.74. The van der Waals surface area contributed by atoms with E-state index in [-0.39, 0.29) is 11.3 Å². The van der Waals surface area contributed by atoms with Crippen molar-refractivity contribution in [1.29, 1.82) is 0 Å². The number of nitrogens with zero attached hydrogens (tertiary/aromatic N) is 1. The van der Waals surface area contributed by atoms with Gasteiger partial charge in [-0.15, -0.1) is 0 Å². The molecule has 1 saturated carbocycles. The Morgan fingerprint density at radius 2 is 1.59 bits per heavy atom. The first kappa shape index (κ1) is 29.3. The number of para-hydroxylation sites is 1. The third kappa shape index (κ3) is 8.45. The minimum Gasteiger partial charge on any atom is -0.388 e. The molecule has 1 heterocycles. The first-order valence-electron chi connectivity index (χ1n) is 10.1. The minimum absolute atomic E-state index is 0.0400. The van der Waals surface area contributed by atoms with Crippen LogP contribution in [0.4, 0.5) is 18.9 Å². The van der Waals surface area contributed by atoms with Crippen molar-refractivity contribution >= 4 is 25.2 Å². The largest absolute Gasteiger partial charge is 0.405 e. The Kier molecular flexibility index (Phi) is 13.2. The lowest BCUT2D eigenvalue weighted by Crippen LogP contribution is -2.44. The van der Waals surface area contributed by atoms with Crippen LogP contribution in [-0.4, -0.2) is 57.9 Å². The number of rotatable bonds is 4. The monoisotopic (exact) mass is 458 g/mol. The van der Waals surface area contributed by atoms with Crippen molar-refractivity contribution in [2.24, 2.45) is 5.41 Å². The number of halogens is 3. The zero-order valence-electron chi connectivity index (χ0n) is 18.8. The van der Waals surface area contributed by atoms with Crippen molar-refractivity contribution in [2.45, 2.75) is 44.8 Å². The smallest absolute Gasteiger partial charge is 0.388 e. The minimum atomic E-state index is -4.28. The van der Waals surface area contributed by atoms with Crippen LogP contribution in [0.5, 0.6) is 0 Å². The maximum atomic E-state index is 12.7. The van der Waals surface area contributed by atoms with Gasteiger partial charge >= 0.3 is 6.18 Å². The SMILES string of the molecule is C=C1C(=O)N(Cc2ccccc2NCC(F)(F)F)CCC12CCCC2.C=O.C=O.COC. The fraction of sp³-hybridized carbons (Fsp3) is 0.522. The molecular weight excluding hydrogens is 425 g/mol. The number of piperidine rings is 1. The molecule has 1 amide bonds. The Morgan fingerprint density at radius 3 is 2.12 bits per heavy atom. The highest BCUT2D eigenvalue weighted by atomic mass is 19.4. The number of methoxy groups -OCH3 is 1. The number of likely N-dealkylation sites (tertiary alicyclic amines) is 1. The van der Waals surface area contributed by atoms with Crippen molar-refractivity contribution in [3.8, 4) is 0 Å². The Morgan fingerprint density at radius 1 is 1.06 bits per heavy atom. The molecule has 0 aromatic heterocycles. The summed E-state index contributed by atoms with van der Waals surface area (Å²) < 4.78 is 41.7. The first-order chi connectivity index (χ1) is 15.2. The number of hydrogen-bond acceptors (Lipinski definition) is 5. The lowest BCUT2D eigenvalue weighted by Gasteiger charge is -2.40. The highest BCUT2D eigenvalue weighted by Gasteiger charge is 2.44. The number of anilines is 1. The molecule has 0 atom stereocenters. The van der Waals surface area contributed by atoms with E-state index in [4.69, 9.17) is 9.59 Å². The summed E-state index contributed by atoms with van der Waals surface area (Å²) in [7, 11) is 3.25. The summed E-state index contributed by atoms with van der Waals surface area (Å²) in [6.45, 7) is 7.90. The van der Waals surface area contributed by atoms with Crippen LogP contribution in [0.1, 0.15) is 37.7 Å². The molecule has 180 valence electrons. The second-order valence-corrected chi connectivity index (χ2v) is 7.48. The quantitative estimate of drug-likeness (QED) is 0.677. The molecule has 2 aliphatic rings. The highest BCUT2D eigenvalue weighted by molar-refractivity contribution is 5.95. The van der Waals surface area contributed by atoms with Gasteiger partial charge in [-0.3, -0.25) is 4.79 Å². The van der Waals surface area contributed by atoms with Gasteiger partial charge in [0.1, 0.15) is 20.1 Å². The highest BCUT2D eigenvalue weighted by Crippen LogP contribution is 2.49. The van der Waals surface area contributed by atoms with Crippen LogP contribution >= 0.6 is 0 Å². The maximum absolute atomic E-state index is 12.7. The van der Waals surface area contributed by atoms with E-state index in [9.17, 15) is 18.0 Å². The number of carbonyl (C=O) groups excluding carboxylic acids is 3. The van der Waals surface area contributed by atoms with E-state index in [1.165, 1.54) is 0 Å². The molecule has 0 unspecified atom stereocenters. The molecule has 1 spiro atoms. The molecule has 32 heavy (non-hydrogen) atoms. The number of hydrogen-bond donors (Lipinski definition) is 1. The summed E-state index contributed by atoms with van der Waals surface area (Å²) in [6, 6.07) is 6.83. The molecule has 6 nitrogen and oxygen atoms in total. The van der Waals surface area contributed by atoms with Crippen molar-refractivity contribution in [3.05, 3.63) is 42.0 Å². The van der Waals surface area contributed by atoms with E-state index < -0.39 is 12.7 Å². The van der Waals surface area contributed by atoms with Crippen LogP contribution in [-0.2, 0) is 25.7 Å². The van der Waals surface area contributed by atoms with Gasteiger partial charge in [0.05, 0.1) is 0 Å². The van der Waals surface area contributed by atoms with Gasteiger partial charge < -0.3 is 24.5 Å². The zero-order valence-corrected chi connectivity index (χ0v) is 18.8. The van der Waals surface area contributed by atoms with Crippen LogP contribution in [0.25, 0.3) is 0 Å². The Hall–Kier alpha value is -2.68. The zero-order chi connectivity index (χ0) is 24.8. The van der Waals surface area contributed by atoms with Gasteiger partial charge in [0.2, 0.25) is 5.91 Å². The van der Waals surface area contributed by atoms with E-state index in [0.717, 1.165) is 32.1 Å².